The van der Waals surface area contributed by atoms with Gasteiger partial charge in [-0.1, -0.05) is 0 Å². The van der Waals surface area contributed by atoms with Gasteiger partial charge >= 0.3 is 6.18 Å². The molecule has 0 radical (unpaired) electrons. The molecule has 2 aromatic heterocycles. The van der Waals surface area contributed by atoms with E-state index in [0.29, 0.717) is 11.3 Å². The Morgan fingerprint density at radius 3 is 2.48 bits per heavy atom. The van der Waals surface area contributed by atoms with Gasteiger partial charge in [-0.05, 0) is 56.6 Å². The van der Waals surface area contributed by atoms with Gasteiger partial charge in [0, 0.05) is 28.9 Å². The second-order valence-electron chi connectivity index (χ2n) is 7.86. The van der Waals surface area contributed by atoms with Crippen molar-refractivity contribution in [3.63, 3.8) is 0 Å². The number of nitrogens with zero attached hydrogens (tertiary/aromatic N) is 3. The summed E-state index contributed by atoms with van der Waals surface area (Å²) in [5.74, 6) is 1.80. The quantitative estimate of drug-likeness (QED) is 0.911. The molecule has 2 N–H and O–H groups in total. The van der Waals surface area contributed by atoms with E-state index in [4.69, 9.17) is 5.73 Å². The molecule has 2 aromatic rings. The number of anilines is 1. The fourth-order valence-electron chi connectivity index (χ4n) is 5.30. The molecule has 6 rings (SSSR count). The van der Waals surface area contributed by atoms with Gasteiger partial charge in [0.25, 0.3) is 0 Å². The predicted octanol–water partition coefficient (Wildman–Crippen LogP) is 4.03. The van der Waals surface area contributed by atoms with Crippen molar-refractivity contribution in [2.24, 2.45) is 17.8 Å². The number of alkyl halides is 3. The molecule has 3 unspecified atom stereocenters. The van der Waals surface area contributed by atoms with Crippen LogP contribution in [0.1, 0.15) is 44.0 Å². The van der Waals surface area contributed by atoms with Gasteiger partial charge in [-0.2, -0.15) is 18.3 Å². The van der Waals surface area contributed by atoms with Crippen LogP contribution in [0.15, 0.2) is 18.3 Å². The Kier molecular flexibility index (Phi) is 2.66. The fourth-order valence-corrected chi connectivity index (χ4v) is 5.30. The monoisotopic (exact) mass is 348 g/mol. The van der Waals surface area contributed by atoms with Gasteiger partial charge in [0.05, 0.1) is 11.3 Å². The minimum absolute atomic E-state index is 0.170. The van der Waals surface area contributed by atoms with Crippen molar-refractivity contribution >= 4 is 5.82 Å². The highest BCUT2D eigenvalue weighted by Gasteiger charge is 2.90. The summed E-state index contributed by atoms with van der Waals surface area (Å²) in [5, 5.41) is 4.63. The number of rotatable bonds is 3. The maximum absolute atomic E-state index is 13.1. The SMILES string of the molecule is CC(C)n1nc(-c2cnc(N)c(C(F)(F)F)c2)cc1C12C3CC[C@@H]1C32. The minimum atomic E-state index is -4.52. The molecule has 4 aliphatic rings. The minimum Gasteiger partial charge on any atom is -0.383 e. The van der Waals surface area contributed by atoms with E-state index < -0.39 is 17.6 Å². The van der Waals surface area contributed by atoms with E-state index in [2.05, 4.69) is 23.9 Å². The molecule has 0 amide bonds. The molecule has 4 nitrogen and oxygen atoms in total. The Morgan fingerprint density at radius 2 is 1.92 bits per heavy atom. The van der Waals surface area contributed by atoms with E-state index in [0.717, 1.165) is 23.8 Å². The lowest BCUT2D eigenvalue weighted by molar-refractivity contribution is -0.137. The number of hydrogen-bond donors (Lipinski definition) is 1. The second-order valence-corrected chi connectivity index (χ2v) is 7.86. The zero-order chi connectivity index (χ0) is 17.7. The van der Waals surface area contributed by atoms with Crippen LogP contribution in [0.3, 0.4) is 0 Å². The highest BCUT2D eigenvalue weighted by Crippen LogP contribution is 2.91. The van der Waals surface area contributed by atoms with E-state index in [1.54, 1.807) is 0 Å². The van der Waals surface area contributed by atoms with E-state index in [-0.39, 0.29) is 11.5 Å². The van der Waals surface area contributed by atoms with Gasteiger partial charge < -0.3 is 5.73 Å². The Balaban J connectivity index is 1.60. The Morgan fingerprint density at radius 1 is 1.24 bits per heavy atom. The lowest BCUT2D eigenvalue weighted by Gasteiger charge is -2.14. The van der Waals surface area contributed by atoms with Crippen LogP contribution < -0.4 is 5.73 Å². The van der Waals surface area contributed by atoms with Crippen LogP contribution in [0.2, 0.25) is 0 Å². The summed E-state index contributed by atoms with van der Waals surface area (Å²) >= 11 is 0. The van der Waals surface area contributed by atoms with Gasteiger partial charge in [-0.3, -0.25) is 4.68 Å². The van der Waals surface area contributed by atoms with Crippen LogP contribution in [0.4, 0.5) is 19.0 Å². The number of hydrogen-bond acceptors (Lipinski definition) is 3. The molecular weight excluding hydrogens is 329 g/mol. The van der Waals surface area contributed by atoms with Crippen molar-refractivity contribution in [2.45, 2.75) is 44.3 Å². The smallest absolute Gasteiger partial charge is 0.383 e. The Labute approximate surface area is 143 Å². The van der Waals surface area contributed by atoms with Crippen molar-refractivity contribution in [1.82, 2.24) is 14.8 Å². The first-order chi connectivity index (χ1) is 11.8. The second kappa shape index (κ2) is 4.37. The third-order valence-electron chi connectivity index (χ3n) is 6.40. The first-order valence-corrected chi connectivity index (χ1v) is 8.69. The number of aromatic nitrogens is 3. The molecule has 25 heavy (non-hydrogen) atoms. The largest absolute Gasteiger partial charge is 0.419 e. The average molecular weight is 348 g/mol. The van der Waals surface area contributed by atoms with Crippen LogP contribution >= 0.6 is 0 Å². The van der Waals surface area contributed by atoms with E-state index >= 15 is 0 Å². The van der Waals surface area contributed by atoms with Crippen molar-refractivity contribution in [3.05, 3.63) is 29.6 Å². The normalized spacial score (nSPS) is 32.2. The lowest BCUT2D eigenvalue weighted by Crippen LogP contribution is -2.14. The topological polar surface area (TPSA) is 56.7 Å². The molecule has 4 fully saturated rings. The first-order valence-electron chi connectivity index (χ1n) is 8.69. The summed E-state index contributed by atoms with van der Waals surface area (Å²) < 4.78 is 41.4. The first kappa shape index (κ1) is 15.2. The zero-order valence-electron chi connectivity index (χ0n) is 14.0. The third kappa shape index (κ3) is 1.79. The van der Waals surface area contributed by atoms with E-state index in [1.807, 2.05) is 10.7 Å². The summed E-state index contributed by atoms with van der Waals surface area (Å²) in [6.07, 6.45) is -0.595. The number of halogens is 3. The van der Waals surface area contributed by atoms with Gasteiger partial charge in [-0.25, -0.2) is 4.98 Å². The molecule has 0 saturated heterocycles. The van der Waals surface area contributed by atoms with Crippen molar-refractivity contribution in [1.29, 1.82) is 0 Å². The molecule has 4 aliphatic carbocycles. The van der Waals surface area contributed by atoms with Gasteiger partial charge in [0.1, 0.15) is 5.82 Å². The summed E-state index contributed by atoms with van der Waals surface area (Å²) in [5.41, 5.74) is 6.88. The molecule has 2 bridgehead atoms. The van der Waals surface area contributed by atoms with Crippen LogP contribution in [0.5, 0.6) is 0 Å². The number of nitrogens with two attached hydrogens (primary N) is 1. The molecule has 7 heteroatoms. The van der Waals surface area contributed by atoms with Crippen molar-refractivity contribution in [3.8, 4) is 11.3 Å². The molecular formula is C18H19F3N4. The molecule has 4 atom stereocenters. The van der Waals surface area contributed by atoms with E-state index in [9.17, 15) is 13.2 Å². The molecule has 0 spiro atoms. The average Bonchev–Trinajstić information content (AvgIpc) is 3.09. The zero-order valence-corrected chi connectivity index (χ0v) is 14.0. The fraction of sp³-hybridized carbons (Fsp3) is 0.556. The maximum Gasteiger partial charge on any atom is 0.419 e. The number of pyridine rings is 1. The van der Waals surface area contributed by atoms with Crippen LogP contribution in [0.25, 0.3) is 11.3 Å². The van der Waals surface area contributed by atoms with Crippen LogP contribution in [-0.2, 0) is 11.6 Å². The molecule has 2 heterocycles. The molecule has 132 valence electrons. The van der Waals surface area contributed by atoms with Crippen molar-refractivity contribution < 1.29 is 13.2 Å². The molecule has 4 saturated carbocycles. The highest BCUT2D eigenvalue weighted by molar-refractivity contribution is 5.65. The molecule has 0 aromatic carbocycles. The van der Waals surface area contributed by atoms with Crippen LogP contribution in [0, 0.1) is 17.8 Å². The summed E-state index contributed by atoms with van der Waals surface area (Å²) in [6.45, 7) is 4.11. The number of fused-ring (bicyclic) bond motifs is 1. The lowest BCUT2D eigenvalue weighted by atomic mass is 10.0. The molecule has 0 aliphatic heterocycles. The Hall–Kier alpha value is -2.05. The summed E-state index contributed by atoms with van der Waals surface area (Å²) in [4.78, 5) is 3.74. The highest BCUT2D eigenvalue weighted by atomic mass is 19.4. The van der Waals surface area contributed by atoms with Crippen molar-refractivity contribution in [2.75, 3.05) is 5.73 Å². The van der Waals surface area contributed by atoms with Crippen LogP contribution in [-0.4, -0.2) is 14.8 Å². The third-order valence-corrected chi connectivity index (χ3v) is 6.40. The maximum atomic E-state index is 13.1. The van der Waals surface area contributed by atoms with E-state index in [1.165, 1.54) is 24.7 Å². The standard InChI is InChI=1S/C18H19F3N4/c1-8(2)25-14(17-10-3-4-11(17)15(10)17)6-13(24-25)9-5-12(18(19,20)21)16(22)23-7-9/h5-8,10-11,15H,3-4H2,1-2H3,(H2,22,23)/t10-,11?,15?,17?/m1/s1. The van der Waals surface area contributed by atoms with Gasteiger partial charge in [0.15, 0.2) is 0 Å². The summed E-state index contributed by atoms with van der Waals surface area (Å²) in [7, 11) is 0. The Bertz CT molecular complexity index is 861. The van der Waals surface area contributed by atoms with Gasteiger partial charge in [0.2, 0.25) is 0 Å². The van der Waals surface area contributed by atoms with Gasteiger partial charge in [-0.15, -0.1) is 0 Å². The number of nitrogen functional groups attached to an aromatic ring is 1. The predicted molar refractivity (Wildman–Crippen MR) is 86.6 cm³/mol. The summed E-state index contributed by atoms with van der Waals surface area (Å²) in [6, 6.07) is 3.21.